The lowest BCUT2D eigenvalue weighted by atomic mass is 10.1. The molecule has 0 saturated heterocycles. The van der Waals surface area contributed by atoms with Crippen molar-refractivity contribution in [2.75, 3.05) is 0 Å². The topological polar surface area (TPSA) is 24.9 Å². The molecule has 0 amide bonds. The van der Waals surface area contributed by atoms with Crippen molar-refractivity contribution in [3.05, 3.63) is 27.7 Å². The highest BCUT2D eigenvalue weighted by atomic mass is 32.1. The minimum Gasteiger partial charge on any atom is -0.306 e. The largest absolute Gasteiger partial charge is 0.306 e. The molecule has 1 unspecified atom stereocenters. The van der Waals surface area contributed by atoms with Crippen molar-refractivity contribution in [3.63, 3.8) is 0 Å². The number of nitrogens with one attached hydrogen (secondary N) is 1. The number of aryl methyl sites for hydroxylation is 2. The molecule has 3 heteroatoms. The Balaban J connectivity index is 2.01. The lowest BCUT2D eigenvalue weighted by Crippen LogP contribution is -2.29. The van der Waals surface area contributed by atoms with E-state index in [2.05, 4.69) is 43.2 Å². The molecule has 1 aromatic heterocycles. The third kappa shape index (κ3) is 2.53. The number of aromatic nitrogens is 1. The summed E-state index contributed by atoms with van der Waals surface area (Å²) in [6.07, 6.45) is 7.91. The molecule has 0 radical (unpaired) electrons. The van der Waals surface area contributed by atoms with Crippen molar-refractivity contribution in [1.29, 1.82) is 0 Å². The van der Waals surface area contributed by atoms with E-state index in [1.54, 1.807) is 0 Å². The maximum absolute atomic E-state index is 4.59. The van der Waals surface area contributed by atoms with Crippen LogP contribution in [0, 0.1) is 6.92 Å². The molecule has 1 aromatic rings. The van der Waals surface area contributed by atoms with E-state index < -0.39 is 0 Å². The predicted molar refractivity (Wildman–Crippen MR) is 69.9 cm³/mol. The van der Waals surface area contributed by atoms with E-state index in [0.29, 0.717) is 12.1 Å². The summed E-state index contributed by atoms with van der Waals surface area (Å²) in [5.74, 6) is 0. The molecule has 0 aromatic carbocycles. The molecule has 2 nitrogen and oxygen atoms in total. The highest BCUT2D eigenvalue weighted by Gasteiger charge is 2.18. The molecule has 0 bridgehead atoms. The van der Waals surface area contributed by atoms with Crippen LogP contribution >= 0.6 is 11.3 Å². The number of rotatable bonds is 4. The monoisotopic (exact) mass is 236 g/mol. The normalized spacial score (nSPS) is 18.2. The van der Waals surface area contributed by atoms with Gasteiger partial charge in [-0.1, -0.05) is 19.1 Å². The third-order valence-electron chi connectivity index (χ3n) is 3.07. The third-order valence-corrected chi connectivity index (χ3v) is 4.55. The van der Waals surface area contributed by atoms with Gasteiger partial charge in [0.2, 0.25) is 0 Å². The smallest absolute Gasteiger partial charge is 0.0928 e. The van der Waals surface area contributed by atoms with Crippen molar-refractivity contribution in [1.82, 2.24) is 10.3 Å². The maximum atomic E-state index is 4.59. The average Bonchev–Trinajstić information content (AvgIpc) is 2.87. The van der Waals surface area contributed by atoms with Gasteiger partial charge < -0.3 is 5.32 Å². The summed E-state index contributed by atoms with van der Waals surface area (Å²) in [5.41, 5.74) is 1.20. The first kappa shape index (κ1) is 11.8. The Labute approximate surface area is 102 Å². The van der Waals surface area contributed by atoms with Crippen LogP contribution in [0.15, 0.2) is 12.2 Å². The van der Waals surface area contributed by atoms with Crippen LogP contribution in [0.4, 0.5) is 0 Å². The van der Waals surface area contributed by atoms with Crippen molar-refractivity contribution in [3.8, 4) is 0 Å². The van der Waals surface area contributed by atoms with Gasteiger partial charge in [0.25, 0.3) is 0 Å². The molecular weight excluding hydrogens is 216 g/mol. The number of nitrogens with zero attached hydrogens (tertiary/aromatic N) is 1. The minimum atomic E-state index is 0.433. The van der Waals surface area contributed by atoms with Gasteiger partial charge in [0, 0.05) is 17.0 Å². The summed E-state index contributed by atoms with van der Waals surface area (Å²) in [7, 11) is 0. The average molecular weight is 236 g/mol. The number of hydrogen-bond donors (Lipinski definition) is 1. The van der Waals surface area contributed by atoms with Crippen LogP contribution in [-0.4, -0.2) is 11.0 Å². The SMILES string of the molecule is CCc1nc(C)c(C(C)NC2CC=CC2)s1. The van der Waals surface area contributed by atoms with E-state index in [-0.39, 0.29) is 0 Å². The molecule has 0 spiro atoms. The molecule has 1 heterocycles. The highest BCUT2D eigenvalue weighted by molar-refractivity contribution is 7.11. The van der Waals surface area contributed by atoms with Crippen molar-refractivity contribution in [2.24, 2.45) is 0 Å². The Hall–Kier alpha value is -0.670. The van der Waals surface area contributed by atoms with Crippen LogP contribution in [0.1, 0.15) is 48.3 Å². The van der Waals surface area contributed by atoms with Crippen LogP contribution in [0.25, 0.3) is 0 Å². The second-order valence-electron chi connectivity index (χ2n) is 4.44. The predicted octanol–water partition coefficient (Wildman–Crippen LogP) is 3.38. The summed E-state index contributed by atoms with van der Waals surface area (Å²) >= 11 is 1.86. The molecule has 1 atom stereocenters. The number of thiazole rings is 1. The second-order valence-corrected chi connectivity index (χ2v) is 5.55. The van der Waals surface area contributed by atoms with E-state index in [9.17, 15) is 0 Å². The zero-order valence-electron chi connectivity index (χ0n) is 10.3. The molecule has 2 rings (SSSR count). The first-order valence-electron chi connectivity index (χ1n) is 6.08. The van der Waals surface area contributed by atoms with E-state index >= 15 is 0 Å². The van der Waals surface area contributed by atoms with Crippen molar-refractivity contribution < 1.29 is 0 Å². The van der Waals surface area contributed by atoms with Gasteiger partial charge in [-0.05, 0) is 33.1 Å². The fourth-order valence-electron chi connectivity index (χ4n) is 2.20. The Morgan fingerprint density at radius 3 is 2.75 bits per heavy atom. The zero-order valence-corrected chi connectivity index (χ0v) is 11.1. The van der Waals surface area contributed by atoms with Gasteiger partial charge in [-0.2, -0.15) is 0 Å². The minimum absolute atomic E-state index is 0.433. The lowest BCUT2D eigenvalue weighted by Gasteiger charge is -2.18. The summed E-state index contributed by atoms with van der Waals surface area (Å²) in [5, 5.41) is 4.94. The van der Waals surface area contributed by atoms with Crippen molar-refractivity contribution in [2.45, 2.75) is 52.1 Å². The first-order chi connectivity index (χ1) is 7.70. The highest BCUT2D eigenvalue weighted by Crippen LogP contribution is 2.26. The molecule has 1 aliphatic rings. The number of hydrogen-bond acceptors (Lipinski definition) is 3. The molecule has 88 valence electrons. The maximum Gasteiger partial charge on any atom is 0.0928 e. The molecule has 1 N–H and O–H groups in total. The second kappa shape index (κ2) is 5.11. The van der Waals surface area contributed by atoms with Crippen LogP contribution in [0.3, 0.4) is 0 Å². The van der Waals surface area contributed by atoms with Gasteiger partial charge >= 0.3 is 0 Å². The van der Waals surface area contributed by atoms with Crippen molar-refractivity contribution >= 4 is 11.3 Å². The molecular formula is C13H20N2S. The van der Waals surface area contributed by atoms with Gasteiger partial charge in [0.05, 0.1) is 10.7 Å². The molecule has 1 aliphatic carbocycles. The van der Waals surface area contributed by atoms with Gasteiger partial charge in [0.1, 0.15) is 0 Å². The van der Waals surface area contributed by atoms with Crippen LogP contribution in [-0.2, 0) is 6.42 Å². The Morgan fingerprint density at radius 1 is 1.50 bits per heavy atom. The summed E-state index contributed by atoms with van der Waals surface area (Å²) in [6, 6.07) is 1.06. The Morgan fingerprint density at radius 2 is 2.19 bits per heavy atom. The lowest BCUT2D eigenvalue weighted by molar-refractivity contribution is 0.474. The quantitative estimate of drug-likeness (QED) is 0.811. The summed E-state index contributed by atoms with van der Waals surface area (Å²) < 4.78 is 0. The molecule has 0 saturated carbocycles. The van der Waals surface area contributed by atoms with Crippen LogP contribution in [0.2, 0.25) is 0 Å². The fraction of sp³-hybridized carbons (Fsp3) is 0.615. The molecule has 16 heavy (non-hydrogen) atoms. The van der Waals surface area contributed by atoms with Crippen LogP contribution < -0.4 is 5.32 Å². The standard InChI is InChI=1S/C13H20N2S/c1-4-12-15-10(3)13(16-12)9(2)14-11-7-5-6-8-11/h5-6,9,11,14H,4,7-8H2,1-3H3. The van der Waals surface area contributed by atoms with Gasteiger partial charge in [0.15, 0.2) is 0 Å². The van der Waals surface area contributed by atoms with Gasteiger partial charge in [-0.3, -0.25) is 0 Å². The molecule has 0 fully saturated rings. The Bertz CT molecular complexity index is 373. The molecule has 0 aliphatic heterocycles. The van der Waals surface area contributed by atoms with Gasteiger partial charge in [-0.25, -0.2) is 4.98 Å². The summed E-state index contributed by atoms with van der Waals surface area (Å²) in [4.78, 5) is 5.99. The van der Waals surface area contributed by atoms with E-state index in [1.165, 1.54) is 28.4 Å². The zero-order chi connectivity index (χ0) is 11.5. The van der Waals surface area contributed by atoms with Crippen LogP contribution in [0.5, 0.6) is 0 Å². The van der Waals surface area contributed by atoms with E-state index in [0.717, 1.165) is 6.42 Å². The summed E-state index contributed by atoms with van der Waals surface area (Å²) in [6.45, 7) is 6.54. The fourth-order valence-corrected chi connectivity index (χ4v) is 3.22. The first-order valence-corrected chi connectivity index (χ1v) is 6.89. The van der Waals surface area contributed by atoms with Gasteiger partial charge in [-0.15, -0.1) is 11.3 Å². The van der Waals surface area contributed by atoms with E-state index in [4.69, 9.17) is 0 Å². The van der Waals surface area contributed by atoms with E-state index in [1.807, 2.05) is 11.3 Å². The Kier molecular flexibility index (Phi) is 3.77.